The first-order valence-corrected chi connectivity index (χ1v) is 8.18. The number of hydrogen-bond donors (Lipinski definition) is 1. The molecule has 124 valence electrons. The summed E-state index contributed by atoms with van der Waals surface area (Å²) in [4.78, 5) is 13.0. The molecule has 1 fully saturated rings. The number of nitrogens with zero attached hydrogens (tertiary/aromatic N) is 5. The van der Waals surface area contributed by atoms with Crippen LogP contribution < -0.4 is 15.1 Å². The van der Waals surface area contributed by atoms with Crippen molar-refractivity contribution in [2.75, 3.05) is 42.3 Å². The fraction of sp³-hybridized carbons (Fsp3) is 0.389. The van der Waals surface area contributed by atoms with Crippen molar-refractivity contribution < 1.29 is 0 Å². The molecule has 0 amide bonds. The highest BCUT2D eigenvalue weighted by Gasteiger charge is 2.20. The van der Waals surface area contributed by atoms with Gasteiger partial charge < -0.3 is 15.1 Å². The number of anilines is 3. The van der Waals surface area contributed by atoms with Crippen LogP contribution in [0.15, 0.2) is 36.5 Å². The van der Waals surface area contributed by atoms with Gasteiger partial charge >= 0.3 is 0 Å². The van der Waals surface area contributed by atoms with Gasteiger partial charge in [-0.3, -0.25) is 0 Å². The molecule has 1 aromatic carbocycles. The summed E-state index contributed by atoms with van der Waals surface area (Å²) < 4.78 is 0. The Hall–Kier alpha value is -2.81. The Bertz CT molecular complexity index is 719. The molecule has 1 N–H and O–H groups in total. The Labute approximate surface area is 142 Å². The Kier molecular flexibility index (Phi) is 4.80. The average Bonchev–Trinajstić information content (AvgIpc) is 2.62. The fourth-order valence-corrected chi connectivity index (χ4v) is 2.93. The topological polar surface area (TPSA) is 68.1 Å². The van der Waals surface area contributed by atoms with Gasteiger partial charge in [0.25, 0.3) is 0 Å². The van der Waals surface area contributed by atoms with Gasteiger partial charge in [-0.15, -0.1) is 0 Å². The third kappa shape index (κ3) is 3.74. The third-order valence-corrected chi connectivity index (χ3v) is 4.18. The summed E-state index contributed by atoms with van der Waals surface area (Å²) in [5, 5.41) is 12.4. The summed E-state index contributed by atoms with van der Waals surface area (Å²) in [6, 6.07) is 12.2. The average molecular weight is 322 g/mol. The smallest absolute Gasteiger partial charge is 0.226 e. The minimum atomic E-state index is 0.347. The quantitative estimate of drug-likeness (QED) is 0.933. The van der Waals surface area contributed by atoms with Gasteiger partial charge in [-0.25, -0.2) is 4.98 Å². The summed E-state index contributed by atoms with van der Waals surface area (Å²) in [5.41, 5.74) is 1.86. The van der Waals surface area contributed by atoms with Gasteiger partial charge in [0.15, 0.2) is 0 Å². The lowest BCUT2D eigenvalue weighted by Gasteiger charge is -2.35. The minimum absolute atomic E-state index is 0.347. The molecule has 1 atom stereocenters. The number of piperidine rings is 1. The van der Waals surface area contributed by atoms with Crippen LogP contribution in [0.5, 0.6) is 0 Å². The summed E-state index contributed by atoms with van der Waals surface area (Å²) in [5.74, 6) is 1.57. The molecule has 3 rings (SSSR count). The Morgan fingerprint density at radius 1 is 1.25 bits per heavy atom. The van der Waals surface area contributed by atoms with E-state index >= 15 is 0 Å². The van der Waals surface area contributed by atoms with Crippen molar-refractivity contribution in [2.45, 2.75) is 18.9 Å². The zero-order valence-corrected chi connectivity index (χ0v) is 14.1. The van der Waals surface area contributed by atoms with Crippen LogP contribution in [-0.4, -0.2) is 43.2 Å². The SMILES string of the molecule is CN(C)c1nccc(NC2CCCN(c3ccc(C#N)cc3)C2)n1. The van der Waals surface area contributed by atoms with E-state index < -0.39 is 0 Å². The molecule has 1 saturated heterocycles. The zero-order valence-electron chi connectivity index (χ0n) is 14.1. The molecule has 0 saturated carbocycles. The van der Waals surface area contributed by atoms with Crippen molar-refractivity contribution in [1.82, 2.24) is 9.97 Å². The molecule has 1 unspecified atom stereocenters. The van der Waals surface area contributed by atoms with Gasteiger partial charge in [0.1, 0.15) is 5.82 Å². The number of nitriles is 1. The largest absolute Gasteiger partial charge is 0.369 e. The van der Waals surface area contributed by atoms with Gasteiger partial charge in [0.2, 0.25) is 5.95 Å². The van der Waals surface area contributed by atoms with E-state index in [0.717, 1.165) is 37.4 Å². The van der Waals surface area contributed by atoms with Crippen molar-refractivity contribution in [2.24, 2.45) is 0 Å². The molecular weight excluding hydrogens is 300 g/mol. The first-order valence-electron chi connectivity index (χ1n) is 8.18. The molecule has 1 aromatic heterocycles. The van der Waals surface area contributed by atoms with Crippen LogP contribution >= 0.6 is 0 Å². The van der Waals surface area contributed by atoms with Crippen molar-refractivity contribution in [3.05, 3.63) is 42.1 Å². The monoisotopic (exact) mass is 322 g/mol. The van der Waals surface area contributed by atoms with E-state index in [1.807, 2.05) is 49.3 Å². The fourth-order valence-electron chi connectivity index (χ4n) is 2.93. The highest BCUT2D eigenvalue weighted by Crippen LogP contribution is 2.22. The van der Waals surface area contributed by atoms with Gasteiger partial charge in [0.05, 0.1) is 11.6 Å². The molecule has 0 radical (unpaired) electrons. The van der Waals surface area contributed by atoms with E-state index in [1.165, 1.54) is 0 Å². The van der Waals surface area contributed by atoms with E-state index in [0.29, 0.717) is 17.6 Å². The number of rotatable bonds is 4. The lowest BCUT2D eigenvalue weighted by atomic mass is 10.0. The maximum Gasteiger partial charge on any atom is 0.226 e. The highest BCUT2D eigenvalue weighted by molar-refractivity contribution is 5.51. The maximum absolute atomic E-state index is 8.92. The Morgan fingerprint density at radius 2 is 2.04 bits per heavy atom. The van der Waals surface area contributed by atoms with E-state index in [2.05, 4.69) is 26.3 Å². The summed E-state index contributed by atoms with van der Waals surface area (Å²) >= 11 is 0. The molecule has 1 aliphatic heterocycles. The van der Waals surface area contributed by atoms with E-state index in [4.69, 9.17) is 5.26 Å². The second-order valence-electron chi connectivity index (χ2n) is 6.22. The van der Waals surface area contributed by atoms with Gasteiger partial charge in [0, 0.05) is 45.1 Å². The predicted octanol–water partition coefficient (Wildman–Crippen LogP) is 2.50. The minimum Gasteiger partial charge on any atom is -0.369 e. The molecule has 2 heterocycles. The van der Waals surface area contributed by atoms with Crippen LogP contribution in [0, 0.1) is 11.3 Å². The molecule has 24 heavy (non-hydrogen) atoms. The Balaban J connectivity index is 1.67. The summed E-state index contributed by atoms with van der Waals surface area (Å²) in [6.07, 6.45) is 4.03. The maximum atomic E-state index is 8.92. The predicted molar refractivity (Wildman–Crippen MR) is 96.4 cm³/mol. The summed E-state index contributed by atoms with van der Waals surface area (Å²) in [7, 11) is 3.87. The lowest BCUT2D eigenvalue weighted by molar-refractivity contribution is 0.529. The lowest BCUT2D eigenvalue weighted by Crippen LogP contribution is -2.42. The van der Waals surface area contributed by atoms with Crippen molar-refractivity contribution in [1.29, 1.82) is 5.26 Å². The van der Waals surface area contributed by atoms with Crippen LogP contribution in [0.25, 0.3) is 0 Å². The summed E-state index contributed by atoms with van der Waals surface area (Å²) in [6.45, 7) is 1.96. The molecule has 0 spiro atoms. The van der Waals surface area contributed by atoms with Crippen LogP contribution in [-0.2, 0) is 0 Å². The molecular formula is C18H22N6. The van der Waals surface area contributed by atoms with E-state index in [9.17, 15) is 0 Å². The molecule has 6 heteroatoms. The van der Waals surface area contributed by atoms with Crippen LogP contribution in [0.4, 0.5) is 17.5 Å². The number of nitrogens with one attached hydrogen (secondary N) is 1. The molecule has 1 aliphatic rings. The molecule has 0 bridgehead atoms. The normalized spacial score (nSPS) is 17.2. The first-order chi connectivity index (χ1) is 11.7. The van der Waals surface area contributed by atoms with Crippen molar-refractivity contribution in [3.8, 4) is 6.07 Å². The zero-order chi connectivity index (χ0) is 16.9. The number of benzene rings is 1. The first kappa shape index (κ1) is 16.1. The van der Waals surface area contributed by atoms with Crippen LogP contribution in [0.2, 0.25) is 0 Å². The van der Waals surface area contributed by atoms with Gasteiger partial charge in [-0.1, -0.05) is 0 Å². The van der Waals surface area contributed by atoms with Crippen LogP contribution in [0.3, 0.4) is 0 Å². The second kappa shape index (κ2) is 7.18. The van der Waals surface area contributed by atoms with Crippen molar-refractivity contribution >= 4 is 17.5 Å². The van der Waals surface area contributed by atoms with Gasteiger partial charge in [-0.05, 0) is 43.2 Å². The third-order valence-electron chi connectivity index (χ3n) is 4.18. The standard InChI is InChI=1S/C18H22N6/c1-23(2)18-20-10-9-17(22-18)21-15-4-3-11-24(13-15)16-7-5-14(12-19)6-8-16/h5-10,15H,3-4,11,13H2,1-2H3,(H,20,21,22). The molecule has 2 aromatic rings. The molecule has 0 aliphatic carbocycles. The second-order valence-corrected chi connectivity index (χ2v) is 6.22. The highest BCUT2D eigenvalue weighted by atomic mass is 15.2. The van der Waals surface area contributed by atoms with E-state index in [1.54, 1.807) is 6.20 Å². The number of hydrogen-bond acceptors (Lipinski definition) is 6. The van der Waals surface area contributed by atoms with Crippen LogP contribution in [0.1, 0.15) is 18.4 Å². The number of aromatic nitrogens is 2. The van der Waals surface area contributed by atoms with Crippen molar-refractivity contribution in [3.63, 3.8) is 0 Å². The Morgan fingerprint density at radius 3 is 2.75 bits per heavy atom. The molecule has 6 nitrogen and oxygen atoms in total. The van der Waals surface area contributed by atoms with Gasteiger partial charge in [-0.2, -0.15) is 10.2 Å². The van der Waals surface area contributed by atoms with E-state index in [-0.39, 0.29) is 0 Å².